The smallest absolute Gasteiger partial charge is 0.159 e. The molecule has 0 N–H and O–H groups in total. The molecule has 4 heteroatoms. The summed E-state index contributed by atoms with van der Waals surface area (Å²) >= 11 is 0. The summed E-state index contributed by atoms with van der Waals surface area (Å²) in [5.74, 6) is 1.72. The second kappa shape index (κ2) is 15.3. The van der Waals surface area contributed by atoms with Gasteiger partial charge in [0.15, 0.2) is 5.58 Å². The van der Waals surface area contributed by atoms with Crippen LogP contribution in [0.3, 0.4) is 0 Å². The number of aryl methyl sites for hydroxylation is 3. The third kappa shape index (κ3) is 6.21. The Bertz CT molecular complexity index is 3910. The summed E-state index contributed by atoms with van der Waals surface area (Å²) in [6.45, 7) is 6.58. The number of rotatable bonds is 7. The Morgan fingerprint density at radius 2 is 0.940 bits per heavy atom. The molecule has 13 rings (SSSR count). The number of benzene rings is 11. The van der Waals surface area contributed by atoms with Crippen molar-refractivity contribution in [3.05, 3.63) is 229 Å². The topological polar surface area (TPSA) is 28.9 Å². The van der Waals surface area contributed by atoms with E-state index in [1.807, 2.05) is 12.1 Å². The Hall–Kier alpha value is -8.60. The normalized spacial score (nSPS) is 11.9. The zero-order valence-electron chi connectivity index (χ0n) is 37.4. The summed E-state index contributed by atoms with van der Waals surface area (Å²) < 4.78 is 13.5. The van der Waals surface area contributed by atoms with Gasteiger partial charge in [-0.05, 0) is 154 Å². The molecule has 2 heterocycles. The maximum Gasteiger partial charge on any atom is 0.159 e. The lowest BCUT2D eigenvalue weighted by Crippen LogP contribution is -2.13. The van der Waals surface area contributed by atoms with Crippen LogP contribution in [0, 0.1) is 20.8 Å². The highest BCUT2D eigenvalue weighted by Gasteiger charge is 2.26. The van der Waals surface area contributed by atoms with E-state index in [1.165, 1.54) is 60.4 Å². The minimum Gasteiger partial charge on any atom is -0.456 e. The number of ether oxygens (including phenoxy) is 1. The molecule has 318 valence electrons. The van der Waals surface area contributed by atoms with Gasteiger partial charge in [0.25, 0.3) is 0 Å². The summed E-state index contributed by atoms with van der Waals surface area (Å²) in [5, 5.41) is 9.37. The molecule has 12 aromatic rings. The molecule has 0 radical (unpaired) electrons. The molecule has 4 nitrogen and oxygen atoms in total. The number of para-hydroxylation sites is 4. The van der Waals surface area contributed by atoms with Gasteiger partial charge >= 0.3 is 0 Å². The largest absolute Gasteiger partial charge is 0.456 e. The maximum atomic E-state index is 6.96. The van der Waals surface area contributed by atoms with E-state index in [-0.39, 0.29) is 0 Å². The highest BCUT2D eigenvalue weighted by atomic mass is 16.5. The summed E-state index contributed by atoms with van der Waals surface area (Å²) in [6.07, 6.45) is 0. The first-order valence-corrected chi connectivity index (χ1v) is 23.0. The van der Waals surface area contributed by atoms with Crippen LogP contribution in [0.15, 0.2) is 217 Å². The number of hydrogen-bond acceptors (Lipinski definition) is 4. The van der Waals surface area contributed by atoms with E-state index in [9.17, 15) is 0 Å². The van der Waals surface area contributed by atoms with Crippen molar-refractivity contribution in [2.75, 3.05) is 9.80 Å². The van der Waals surface area contributed by atoms with Gasteiger partial charge < -0.3 is 19.0 Å². The van der Waals surface area contributed by atoms with E-state index >= 15 is 0 Å². The molecule has 1 aliphatic heterocycles. The summed E-state index contributed by atoms with van der Waals surface area (Å²) in [4.78, 5) is 4.67. The molecule has 67 heavy (non-hydrogen) atoms. The molecule has 0 saturated heterocycles. The number of nitrogens with zero attached hydrogens (tertiary/aromatic N) is 2. The van der Waals surface area contributed by atoms with Crippen LogP contribution in [-0.2, 0) is 0 Å². The number of anilines is 6. The van der Waals surface area contributed by atoms with Crippen molar-refractivity contribution in [2.45, 2.75) is 20.8 Å². The lowest BCUT2D eigenvalue weighted by Gasteiger charge is -2.30. The fourth-order valence-electron chi connectivity index (χ4n) is 10.9. The molecule has 0 saturated carbocycles. The molecule has 0 unspecified atom stereocenters. The molecular weight excluding hydrogens is 817 g/mol. The van der Waals surface area contributed by atoms with Crippen LogP contribution in [0.25, 0.3) is 76.5 Å². The van der Waals surface area contributed by atoms with Crippen molar-refractivity contribution in [3.8, 4) is 33.8 Å². The van der Waals surface area contributed by atoms with Gasteiger partial charge in [-0.2, -0.15) is 0 Å². The van der Waals surface area contributed by atoms with Crippen molar-refractivity contribution in [2.24, 2.45) is 0 Å². The monoisotopic (exact) mass is 860 g/mol. The fraction of sp³-hybridized carbons (Fsp3) is 0.0476. The van der Waals surface area contributed by atoms with Crippen LogP contribution < -0.4 is 14.5 Å². The van der Waals surface area contributed by atoms with Gasteiger partial charge in [0.1, 0.15) is 17.1 Å². The number of hydrogen-bond donors (Lipinski definition) is 0. The van der Waals surface area contributed by atoms with Gasteiger partial charge in [-0.15, -0.1) is 0 Å². The first-order chi connectivity index (χ1) is 33.0. The van der Waals surface area contributed by atoms with E-state index in [0.29, 0.717) is 0 Å². The van der Waals surface area contributed by atoms with Gasteiger partial charge in [-0.25, -0.2) is 0 Å². The van der Waals surface area contributed by atoms with Crippen molar-refractivity contribution in [1.29, 1.82) is 0 Å². The average Bonchev–Trinajstić information content (AvgIpc) is 3.75. The SMILES string of the molecule is Cc1cc(C)c(N(c2ccccc2)c2ccc3c(c2)Oc2cccc4c2c-3cc2c3ccccc3c(-c3ccc(N(c5ccccc5)c5cccc6c5oc5ccccc56)cc3)cc42)c(C)c1. The lowest BCUT2D eigenvalue weighted by atomic mass is 9.86. The minimum absolute atomic E-state index is 0.849. The first-order valence-electron chi connectivity index (χ1n) is 23.0. The Kier molecular flexibility index (Phi) is 8.84. The average molecular weight is 861 g/mol. The molecule has 0 amide bonds. The minimum atomic E-state index is 0.849. The zero-order chi connectivity index (χ0) is 44.8. The molecule has 0 aliphatic carbocycles. The Morgan fingerprint density at radius 3 is 1.70 bits per heavy atom. The van der Waals surface area contributed by atoms with Crippen molar-refractivity contribution in [3.63, 3.8) is 0 Å². The fourth-order valence-corrected chi connectivity index (χ4v) is 10.9. The van der Waals surface area contributed by atoms with Gasteiger partial charge in [0.05, 0.1) is 11.4 Å². The molecule has 1 aromatic heterocycles. The van der Waals surface area contributed by atoms with Crippen molar-refractivity contribution >= 4 is 88.4 Å². The second-order valence-electron chi connectivity index (χ2n) is 17.8. The van der Waals surface area contributed by atoms with Gasteiger partial charge in [0.2, 0.25) is 0 Å². The first kappa shape index (κ1) is 38.8. The van der Waals surface area contributed by atoms with Crippen LogP contribution in [0.5, 0.6) is 11.5 Å². The standard InChI is InChI=1S/C63H44N2O2/c1-39-34-40(2)62(41(3)35-39)65(44-18-8-5-9-19-44)46-32-33-50-56-38-54-48-21-11-10-20-47(48)53(37-55(54)51-23-15-27-59(61(51)56)66-60(50)36-46)42-28-30-45(31-29-42)64(43-16-6-4-7-17-43)57-25-14-24-52-49-22-12-13-26-58(49)67-63(52)57/h4-38H,1-3H3. The third-order valence-electron chi connectivity index (χ3n) is 13.6. The van der Waals surface area contributed by atoms with E-state index in [1.54, 1.807) is 0 Å². The van der Waals surface area contributed by atoms with E-state index in [0.717, 1.165) is 78.4 Å². The Labute approximate surface area is 389 Å². The predicted molar refractivity (Wildman–Crippen MR) is 281 cm³/mol. The predicted octanol–water partition coefficient (Wildman–Crippen LogP) is 18.4. The molecule has 0 fully saturated rings. The van der Waals surface area contributed by atoms with Crippen LogP contribution in [0.2, 0.25) is 0 Å². The van der Waals surface area contributed by atoms with Gasteiger partial charge in [-0.1, -0.05) is 133 Å². The number of fused-ring (bicyclic) bond motifs is 9. The van der Waals surface area contributed by atoms with Gasteiger partial charge in [0, 0.05) is 50.5 Å². The molecule has 0 atom stereocenters. The number of furan rings is 1. The second-order valence-corrected chi connectivity index (χ2v) is 17.8. The van der Waals surface area contributed by atoms with Crippen LogP contribution >= 0.6 is 0 Å². The molecule has 0 spiro atoms. The zero-order valence-corrected chi connectivity index (χ0v) is 37.4. The van der Waals surface area contributed by atoms with Crippen molar-refractivity contribution in [1.82, 2.24) is 0 Å². The Morgan fingerprint density at radius 1 is 0.358 bits per heavy atom. The summed E-state index contributed by atoms with van der Waals surface area (Å²) in [7, 11) is 0. The molecular formula is C63H44N2O2. The highest BCUT2D eigenvalue weighted by Crippen LogP contribution is 2.53. The van der Waals surface area contributed by atoms with Crippen molar-refractivity contribution < 1.29 is 9.15 Å². The van der Waals surface area contributed by atoms with Crippen LogP contribution in [0.1, 0.15) is 16.7 Å². The van der Waals surface area contributed by atoms with E-state index in [4.69, 9.17) is 9.15 Å². The molecule has 11 aromatic carbocycles. The van der Waals surface area contributed by atoms with Gasteiger partial charge in [-0.3, -0.25) is 0 Å². The summed E-state index contributed by atoms with van der Waals surface area (Å²) in [6, 6.07) is 76.3. The third-order valence-corrected chi connectivity index (χ3v) is 13.6. The molecule has 1 aliphatic rings. The lowest BCUT2D eigenvalue weighted by molar-refractivity contribution is 0.487. The summed E-state index contributed by atoms with van der Waals surface area (Å²) in [5.41, 5.74) is 16.5. The van der Waals surface area contributed by atoms with E-state index in [2.05, 4.69) is 231 Å². The quantitative estimate of drug-likeness (QED) is 0.149. The van der Waals surface area contributed by atoms with E-state index < -0.39 is 0 Å². The van der Waals surface area contributed by atoms with Crippen LogP contribution in [0.4, 0.5) is 34.1 Å². The van der Waals surface area contributed by atoms with Crippen LogP contribution in [-0.4, -0.2) is 0 Å². The molecule has 0 bridgehead atoms. The maximum absolute atomic E-state index is 6.96. The Balaban J connectivity index is 0.946. The highest BCUT2D eigenvalue weighted by molar-refractivity contribution is 6.25.